The van der Waals surface area contributed by atoms with Crippen molar-refractivity contribution in [1.82, 2.24) is 10.6 Å². The van der Waals surface area contributed by atoms with Crippen molar-refractivity contribution >= 4 is 6.03 Å². The summed E-state index contributed by atoms with van der Waals surface area (Å²) in [6.07, 6.45) is 0. The Kier molecular flexibility index (Phi) is 6.03. The highest BCUT2D eigenvalue weighted by atomic mass is 16.5. The Hall–Kier alpha value is -2.49. The van der Waals surface area contributed by atoms with Gasteiger partial charge in [-0.3, -0.25) is 0 Å². The second-order valence-electron chi connectivity index (χ2n) is 5.48. The quantitative estimate of drug-likeness (QED) is 0.839. The van der Waals surface area contributed by atoms with Crippen LogP contribution in [0.25, 0.3) is 0 Å². The number of nitrogens with one attached hydrogen (secondary N) is 2. The fourth-order valence-electron chi connectivity index (χ4n) is 2.38. The first-order valence-corrected chi connectivity index (χ1v) is 7.95. The van der Waals surface area contributed by atoms with Gasteiger partial charge < -0.3 is 15.4 Å². The molecule has 0 bridgehead atoms. The lowest BCUT2D eigenvalue weighted by Crippen LogP contribution is -2.38. The van der Waals surface area contributed by atoms with E-state index in [-0.39, 0.29) is 18.1 Å². The lowest BCUT2D eigenvalue weighted by Gasteiger charge is -2.19. The van der Waals surface area contributed by atoms with Crippen LogP contribution in [0.1, 0.15) is 44.0 Å². The smallest absolute Gasteiger partial charge is 0.315 e. The standard InChI is InChI=1S/C19H24N2O2/c1-4-23-18-12-8-11-17(13-18)15(3)21-19(22)20-14(2)16-9-6-5-7-10-16/h5-15H,4H2,1-3H3,(H2,20,21,22). The Balaban J connectivity index is 1.93. The Morgan fingerprint density at radius 3 is 2.22 bits per heavy atom. The average molecular weight is 312 g/mol. The van der Waals surface area contributed by atoms with E-state index in [2.05, 4.69) is 10.6 Å². The van der Waals surface area contributed by atoms with Gasteiger partial charge in [0.25, 0.3) is 0 Å². The molecule has 23 heavy (non-hydrogen) atoms. The second kappa shape index (κ2) is 8.22. The Morgan fingerprint density at radius 2 is 1.57 bits per heavy atom. The number of ether oxygens (including phenoxy) is 1. The van der Waals surface area contributed by atoms with Crippen LogP contribution in [0.2, 0.25) is 0 Å². The molecule has 0 aliphatic heterocycles. The van der Waals surface area contributed by atoms with Gasteiger partial charge in [0.05, 0.1) is 18.7 Å². The number of amides is 2. The summed E-state index contributed by atoms with van der Waals surface area (Å²) in [5, 5.41) is 5.92. The summed E-state index contributed by atoms with van der Waals surface area (Å²) in [5.74, 6) is 0.816. The molecule has 0 aliphatic carbocycles. The van der Waals surface area contributed by atoms with Crippen LogP contribution in [-0.4, -0.2) is 12.6 Å². The lowest BCUT2D eigenvalue weighted by molar-refractivity contribution is 0.235. The van der Waals surface area contributed by atoms with Crippen molar-refractivity contribution in [1.29, 1.82) is 0 Å². The monoisotopic (exact) mass is 312 g/mol. The van der Waals surface area contributed by atoms with Crippen molar-refractivity contribution < 1.29 is 9.53 Å². The Bertz CT molecular complexity index is 628. The van der Waals surface area contributed by atoms with E-state index in [0.717, 1.165) is 16.9 Å². The fourth-order valence-corrected chi connectivity index (χ4v) is 2.38. The molecule has 0 radical (unpaired) electrons. The second-order valence-corrected chi connectivity index (χ2v) is 5.48. The van der Waals surface area contributed by atoms with Crippen molar-refractivity contribution in [3.05, 3.63) is 65.7 Å². The predicted octanol–water partition coefficient (Wildman–Crippen LogP) is 4.21. The number of urea groups is 1. The molecule has 0 spiro atoms. The molecule has 2 rings (SSSR count). The SMILES string of the molecule is CCOc1cccc(C(C)NC(=O)NC(C)c2ccccc2)c1. The summed E-state index contributed by atoms with van der Waals surface area (Å²) in [5.41, 5.74) is 2.09. The molecule has 2 amide bonds. The molecule has 0 saturated heterocycles. The van der Waals surface area contributed by atoms with Gasteiger partial charge in [0.15, 0.2) is 0 Å². The van der Waals surface area contributed by atoms with Crippen molar-refractivity contribution in [2.75, 3.05) is 6.61 Å². The molecule has 2 aromatic carbocycles. The minimum Gasteiger partial charge on any atom is -0.494 e. The van der Waals surface area contributed by atoms with Crippen molar-refractivity contribution in [3.63, 3.8) is 0 Å². The highest BCUT2D eigenvalue weighted by Gasteiger charge is 2.13. The van der Waals surface area contributed by atoms with Crippen LogP contribution in [0.5, 0.6) is 5.75 Å². The molecule has 0 saturated carbocycles. The molecule has 4 nitrogen and oxygen atoms in total. The van der Waals surface area contributed by atoms with Gasteiger partial charge in [0, 0.05) is 0 Å². The summed E-state index contributed by atoms with van der Waals surface area (Å²) < 4.78 is 5.50. The lowest BCUT2D eigenvalue weighted by atomic mass is 10.1. The molecule has 4 heteroatoms. The van der Waals surface area contributed by atoms with Crippen LogP contribution in [-0.2, 0) is 0 Å². The van der Waals surface area contributed by atoms with Crippen molar-refractivity contribution in [2.45, 2.75) is 32.9 Å². The van der Waals surface area contributed by atoms with Gasteiger partial charge in [-0.25, -0.2) is 4.79 Å². The highest BCUT2D eigenvalue weighted by molar-refractivity contribution is 5.75. The zero-order valence-corrected chi connectivity index (χ0v) is 13.9. The first-order chi connectivity index (χ1) is 11.1. The summed E-state index contributed by atoms with van der Waals surface area (Å²) in [7, 11) is 0. The first-order valence-electron chi connectivity index (χ1n) is 7.95. The van der Waals surface area contributed by atoms with Gasteiger partial charge in [-0.1, -0.05) is 42.5 Å². The molecular formula is C19H24N2O2. The van der Waals surface area contributed by atoms with Crippen molar-refractivity contribution in [3.8, 4) is 5.75 Å². The van der Waals surface area contributed by atoms with Crippen LogP contribution in [0.4, 0.5) is 4.79 Å². The van der Waals surface area contributed by atoms with Crippen LogP contribution in [0.15, 0.2) is 54.6 Å². The molecule has 122 valence electrons. The number of carbonyl (C=O) groups is 1. The van der Waals surface area contributed by atoms with E-state index in [4.69, 9.17) is 4.74 Å². The summed E-state index contributed by atoms with van der Waals surface area (Å²) in [6, 6.07) is 17.3. The summed E-state index contributed by atoms with van der Waals surface area (Å²) in [6.45, 7) is 6.50. The van der Waals surface area contributed by atoms with E-state index >= 15 is 0 Å². The minimum atomic E-state index is -0.185. The van der Waals surface area contributed by atoms with E-state index in [1.54, 1.807) is 0 Å². The predicted molar refractivity (Wildman–Crippen MR) is 92.6 cm³/mol. The van der Waals surface area contributed by atoms with Crippen LogP contribution >= 0.6 is 0 Å². The average Bonchev–Trinajstić information content (AvgIpc) is 2.56. The maximum atomic E-state index is 12.2. The highest BCUT2D eigenvalue weighted by Crippen LogP contribution is 2.19. The van der Waals surface area contributed by atoms with E-state index in [9.17, 15) is 4.79 Å². The molecule has 2 aromatic rings. The third-order valence-electron chi connectivity index (χ3n) is 3.66. The van der Waals surface area contributed by atoms with Crippen LogP contribution in [0.3, 0.4) is 0 Å². The third kappa shape index (κ3) is 5.02. The molecule has 0 aliphatic rings. The van der Waals surface area contributed by atoms with Gasteiger partial charge in [-0.05, 0) is 44.0 Å². The molecule has 0 aromatic heterocycles. The van der Waals surface area contributed by atoms with Gasteiger partial charge in [-0.15, -0.1) is 0 Å². The number of hydrogen-bond acceptors (Lipinski definition) is 2. The maximum Gasteiger partial charge on any atom is 0.315 e. The fraction of sp³-hybridized carbons (Fsp3) is 0.316. The van der Waals surface area contributed by atoms with E-state index in [1.807, 2.05) is 75.4 Å². The van der Waals surface area contributed by atoms with E-state index < -0.39 is 0 Å². The Morgan fingerprint density at radius 1 is 0.957 bits per heavy atom. The minimum absolute atomic E-state index is 0.0434. The molecule has 0 heterocycles. The molecule has 2 N–H and O–H groups in total. The maximum absolute atomic E-state index is 12.2. The third-order valence-corrected chi connectivity index (χ3v) is 3.66. The molecule has 0 fully saturated rings. The van der Waals surface area contributed by atoms with Gasteiger partial charge in [-0.2, -0.15) is 0 Å². The molecule has 2 atom stereocenters. The summed E-state index contributed by atoms with van der Waals surface area (Å²) >= 11 is 0. The number of hydrogen-bond donors (Lipinski definition) is 2. The number of rotatable bonds is 6. The van der Waals surface area contributed by atoms with E-state index in [0.29, 0.717) is 6.61 Å². The Labute approximate surface area is 137 Å². The molecular weight excluding hydrogens is 288 g/mol. The number of benzene rings is 2. The van der Waals surface area contributed by atoms with Gasteiger partial charge in [0.1, 0.15) is 5.75 Å². The van der Waals surface area contributed by atoms with Crippen molar-refractivity contribution in [2.24, 2.45) is 0 Å². The molecule has 2 unspecified atom stereocenters. The van der Waals surface area contributed by atoms with Crippen LogP contribution in [0, 0.1) is 0 Å². The zero-order valence-electron chi connectivity index (χ0n) is 13.9. The largest absolute Gasteiger partial charge is 0.494 e. The topological polar surface area (TPSA) is 50.4 Å². The summed E-state index contributed by atoms with van der Waals surface area (Å²) in [4.78, 5) is 12.2. The normalized spacial score (nSPS) is 13.0. The van der Waals surface area contributed by atoms with Gasteiger partial charge >= 0.3 is 6.03 Å². The number of carbonyl (C=O) groups excluding carboxylic acids is 1. The van der Waals surface area contributed by atoms with Gasteiger partial charge in [0.2, 0.25) is 0 Å². The first kappa shape index (κ1) is 16.9. The zero-order chi connectivity index (χ0) is 16.7. The van der Waals surface area contributed by atoms with Crippen LogP contribution < -0.4 is 15.4 Å². The van der Waals surface area contributed by atoms with E-state index in [1.165, 1.54) is 0 Å².